The fraction of sp³-hybridized carbons (Fsp3) is 0.625. The predicted molar refractivity (Wildman–Crippen MR) is 81.2 cm³/mol. The lowest BCUT2D eigenvalue weighted by Crippen LogP contribution is -2.42. The van der Waals surface area contributed by atoms with Gasteiger partial charge in [-0.05, 0) is 45.0 Å². The van der Waals surface area contributed by atoms with Crippen molar-refractivity contribution in [2.45, 2.75) is 18.9 Å². The Labute approximate surface area is 117 Å². The Kier molecular flexibility index (Phi) is 5.37. The van der Waals surface area contributed by atoms with Gasteiger partial charge >= 0.3 is 0 Å². The molecule has 1 heterocycles. The van der Waals surface area contributed by atoms with Crippen LogP contribution in [-0.4, -0.2) is 56.1 Å². The molecule has 1 aromatic carbocycles. The van der Waals surface area contributed by atoms with Crippen LogP contribution in [-0.2, 0) is 6.42 Å². The zero-order valence-electron chi connectivity index (χ0n) is 12.3. The molecule has 0 aromatic heterocycles. The van der Waals surface area contributed by atoms with E-state index >= 15 is 0 Å². The standard InChI is InChI=1S/C16H27N3/c1-18-9-8-15(12-18)13-19(2)16(11-17)10-14-6-4-3-5-7-14/h3-7,15-16H,8-13,17H2,1-2H3. The third-order valence-electron chi connectivity index (χ3n) is 4.24. The average molecular weight is 261 g/mol. The molecule has 0 bridgehead atoms. The van der Waals surface area contributed by atoms with Crippen molar-refractivity contribution in [1.29, 1.82) is 0 Å². The number of nitrogens with zero attached hydrogens (tertiary/aromatic N) is 2. The molecule has 3 nitrogen and oxygen atoms in total. The molecule has 1 saturated heterocycles. The second-order valence-corrected chi connectivity index (χ2v) is 5.94. The van der Waals surface area contributed by atoms with Crippen LogP contribution in [0.25, 0.3) is 0 Å². The van der Waals surface area contributed by atoms with E-state index in [1.54, 1.807) is 0 Å². The Hall–Kier alpha value is -0.900. The van der Waals surface area contributed by atoms with Gasteiger partial charge < -0.3 is 15.5 Å². The van der Waals surface area contributed by atoms with Gasteiger partial charge in [0.25, 0.3) is 0 Å². The van der Waals surface area contributed by atoms with Crippen molar-refractivity contribution in [2.24, 2.45) is 11.7 Å². The Morgan fingerprint density at radius 3 is 2.68 bits per heavy atom. The molecule has 0 aliphatic carbocycles. The largest absolute Gasteiger partial charge is 0.329 e. The minimum atomic E-state index is 0.452. The zero-order chi connectivity index (χ0) is 13.7. The van der Waals surface area contributed by atoms with E-state index in [2.05, 4.69) is 54.2 Å². The minimum Gasteiger partial charge on any atom is -0.329 e. The highest BCUT2D eigenvalue weighted by atomic mass is 15.2. The highest BCUT2D eigenvalue weighted by Gasteiger charge is 2.23. The first-order valence-corrected chi connectivity index (χ1v) is 7.32. The van der Waals surface area contributed by atoms with Crippen LogP contribution in [0.3, 0.4) is 0 Å². The Morgan fingerprint density at radius 1 is 1.37 bits per heavy atom. The molecule has 0 saturated carbocycles. The lowest BCUT2D eigenvalue weighted by molar-refractivity contribution is 0.208. The molecule has 106 valence electrons. The number of nitrogens with two attached hydrogens (primary N) is 1. The molecule has 2 atom stereocenters. The number of likely N-dealkylation sites (tertiary alicyclic amines) is 1. The van der Waals surface area contributed by atoms with Crippen LogP contribution in [0.5, 0.6) is 0 Å². The molecule has 3 heteroatoms. The Bertz CT molecular complexity index is 366. The number of rotatable bonds is 6. The van der Waals surface area contributed by atoms with Gasteiger partial charge in [0, 0.05) is 25.7 Å². The van der Waals surface area contributed by atoms with E-state index in [-0.39, 0.29) is 0 Å². The van der Waals surface area contributed by atoms with E-state index in [0.717, 1.165) is 18.9 Å². The first-order chi connectivity index (χ1) is 9.19. The summed E-state index contributed by atoms with van der Waals surface area (Å²) in [5.41, 5.74) is 7.35. The monoisotopic (exact) mass is 261 g/mol. The first-order valence-electron chi connectivity index (χ1n) is 7.32. The van der Waals surface area contributed by atoms with Crippen LogP contribution < -0.4 is 5.73 Å². The second-order valence-electron chi connectivity index (χ2n) is 5.94. The molecule has 2 N–H and O–H groups in total. The van der Waals surface area contributed by atoms with Crippen molar-refractivity contribution in [3.8, 4) is 0 Å². The molecule has 0 spiro atoms. The molecule has 1 aliphatic heterocycles. The molecular formula is C16H27N3. The summed E-state index contributed by atoms with van der Waals surface area (Å²) in [6.07, 6.45) is 2.37. The van der Waals surface area contributed by atoms with Crippen molar-refractivity contribution in [3.63, 3.8) is 0 Å². The number of hydrogen-bond acceptors (Lipinski definition) is 3. The summed E-state index contributed by atoms with van der Waals surface area (Å²) in [7, 11) is 4.43. The van der Waals surface area contributed by atoms with E-state index in [1.165, 1.54) is 31.6 Å². The molecule has 0 amide bonds. The van der Waals surface area contributed by atoms with E-state index < -0.39 is 0 Å². The smallest absolute Gasteiger partial charge is 0.0255 e. The summed E-state index contributed by atoms with van der Waals surface area (Å²) in [5, 5.41) is 0. The number of benzene rings is 1. The Balaban J connectivity index is 1.86. The lowest BCUT2D eigenvalue weighted by atomic mass is 10.0. The van der Waals surface area contributed by atoms with Crippen molar-refractivity contribution < 1.29 is 0 Å². The lowest BCUT2D eigenvalue weighted by Gasteiger charge is -2.29. The van der Waals surface area contributed by atoms with Gasteiger partial charge in [0.15, 0.2) is 0 Å². The normalized spacial score (nSPS) is 22.0. The van der Waals surface area contributed by atoms with Gasteiger partial charge in [-0.25, -0.2) is 0 Å². The number of hydrogen-bond donors (Lipinski definition) is 1. The maximum Gasteiger partial charge on any atom is 0.0255 e. The quantitative estimate of drug-likeness (QED) is 0.841. The molecule has 2 unspecified atom stereocenters. The van der Waals surface area contributed by atoms with E-state index in [9.17, 15) is 0 Å². The zero-order valence-corrected chi connectivity index (χ0v) is 12.3. The maximum atomic E-state index is 5.97. The van der Waals surface area contributed by atoms with Gasteiger partial charge in [0.2, 0.25) is 0 Å². The van der Waals surface area contributed by atoms with Gasteiger partial charge in [-0.15, -0.1) is 0 Å². The highest BCUT2D eigenvalue weighted by Crippen LogP contribution is 2.17. The van der Waals surface area contributed by atoms with Crippen molar-refractivity contribution in [1.82, 2.24) is 9.80 Å². The van der Waals surface area contributed by atoms with Gasteiger partial charge in [-0.3, -0.25) is 0 Å². The second kappa shape index (κ2) is 7.04. The van der Waals surface area contributed by atoms with Crippen molar-refractivity contribution in [3.05, 3.63) is 35.9 Å². The van der Waals surface area contributed by atoms with E-state index in [1.807, 2.05) is 0 Å². The van der Waals surface area contributed by atoms with Crippen LogP contribution in [0.4, 0.5) is 0 Å². The fourth-order valence-corrected chi connectivity index (χ4v) is 3.04. The summed E-state index contributed by atoms with van der Waals surface area (Å²) in [6.45, 7) is 4.37. The molecule has 19 heavy (non-hydrogen) atoms. The van der Waals surface area contributed by atoms with Gasteiger partial charge in [0.05, 0.1) is 0 Å². The maximum absolute atomic E-state index is 5.97. The van der Waals surface area contributed by atoms with E-state index in [4.69, 9.17) is 5.73 Å². The van der Waals surface area contributed by atoms with Crippen LogP contribution in [0.1, 0.15) is 12.0 Å². The third-order valence-corrected chi connectivity index (χ3v) is 4.24. The SMILES string of the molecule is CN1CCC(CN(C)C(CN)Cc2ccccc2)C1. The molecule has 1 aliphatic rings. The van der Waals surface area contributed by atoms with Gasteiger partial charge in [0.1, 0.15) is 0 Å². The molecule has 1 aromatic rings. The number of likely N-dealkylation sites (N-methyl/N-ethyl adjacent to an activating group) is 1. The summed E-state index contributed by atoms with van der Waals surface area (Å²) in [5.74, 6) is 0.805. The van der Waals surface area contributed by atoms with Crippen LogP contribution in [0.2, 0.25) is 0 Å². The summed E-state index contributed by atoms with van der Waals surface area (Å²) in [6, 6.07) is 11.1. The van der Waals surface area contributed by atoms with Crippen LogP contribution in [0.15, 0.2) is 30.3 Å². The summed E-state index contributed by atoms with van der Waals surface area (Å²) >= 11 is 0. The average Bonchev–Trinajstić information content (AvgIpc) is 2.82. The first kappa shape index (κ1) is 14.5. The van der Waals surface area contributed by atoms with Crippen LogP contribution >= 0.6 is 0 Å². The molecule has 1 fully saturated rings. The molecule has 2 rings (SSSR count). The topological polar surface area (TPSA) is 32.5 Å². The van der Waals surface area contributed by atoms with Crippen molar-refractivity contribution >= 4 is 0 Å². The predicted octanol–water partition coefficient (Wildman–Crippen LogP) is 1.44. The van der Waals surface area contributed by atoms with E-state index in [0.29, 0.717) is 6.04 Å². The fourth-order valence-electron chi connectivity index (χ4n) is 3.04. The van der Waals surface area contributed by atoms with Gasteiger partial charge in [-0.2, -0.15) is 0 Å². The Morgan fingerprint density at radius 2 is 2.11 bits per heavy atom. The highest BCUT2D eigenvalue weighted by molar-refractivity contribution is 5.16. The minimum absolute atomic E-state index is 0.452. The van der Waals surface area contributed by atoms with Crippen molar-refractivity contribution in [2.75, 3.05) is 40.3 Å². The van der Waals surface area contributed by atoms with Crippen LogP contribution in [0, 0.1) is 5.92 Å². The van der Waals surface area contributed by atoms with Gasteiger partial charge in [-0.1, -0.05) is 30.3 Å². The molecule has 0 radical (unpaired) electrons. The summed E-state index contributed by atoms with van der Waals surface area (Å²) in [4.78, 5) is 4.88. The molecular weight excluding hydrogens is 234 g/mol. The third kappa shape index (κ3) is 4.30. The summed E-state index contributed by atoms with van der Waals surface area (Å²) < 4.78 is 0.